The molecule has 32 heavy (non-hydrogen) atoms. The number of nitriles is 1. The van der Waals surface area contributed by atoms with E-state index in [2.05, 4.69) is 16.5 Å². The summed E-state index contributed by atoms with van der Waals surface area (Å²) < 4.78 is 52.5. The Hall–Kier alpha value is -3.50. The van der Waals surface area contributed by atoms with Crippen molar-refractivity contribution < 1.29 is 32.4 Å². The number of aromatic nitrogens is 2. The summed E-state index contributed by atoms with van der Waals surface area (Å²) in [4.78, 5) is 11.9. The van der Waals surface area contributed by atoms with Crippen LogP contribution in [0.3, 0.4) is 0 Å². The van der Waals surface area contributed by atoms with Crippen molar-refractivity contribution in [2.24, 2.45) is 11.7 Å². The van der Waals surface area contributed by atoms with E-state index in [0.29, 0.717) is 13.0 Å². The molecule has 1 aromatic heterocycles. The number of amides is 1. The Labute approximate surface area is 180 Å². The van der Waals surface area contributed by atoms with Gasteiger partial charge in [0.15, 0.2) is 5.82 Å². The third kappa shape index (κ3) is 4.14. The lowest BCUT2D eigenvalue weighted by Gasteiger charge is -2.27. The van der Waals surface area contributed by atoms with Crippen molar-refractivity contribution in [2.45, 2.75) is 18.6 Å². The molecule has 2 atom stereocenters. The normalized spacial score (nSPS) is 20.3. The number of hydrogen-bond donors (Lipinski definition) is 3. The highest BCUT2D eigenvalue weighted by Gasteiger charge is 2.38. The summed E-state index contributed by atoms with van der Waals surface area (Å²) >= 11 is 0. The SMILES string of the molecule is N#CC1CCOCC1n1cc(C(N)=O)c(Nc2cc3c(c(C(F)(F)F)c2)OB(O)C=C3)n1. The van der Waals surface area contributed by atoms with Gasteiger partial charge in [0, 0.05) is 24.1 Å². The maximum Gasteiger partial charge on any atom is 0.552 e. The van der Waals surface area contributed by atoms with Gasteiger partial charge < -0.3 is 25.5 Å². The van der Waals surface area contributed by atoms with Gasteiger partial charge in [-0.3, -0.25) is 9.48 Å². The fourth-order valence-corrected chi connectivity index (χ4v) is 3.64. The Morgan fingerprint density at radius 3 is 2.91 bits per heavy atom. The predicted molar refractivity (Wildman–Crippen MR) is 107 cm³/mol. The van der Waals surface area contributed by atoms with Crippen LogP contribution in [0.5, 0.6) is 5.75 Å². The van der Waals surface area contributed by atoms with E-state index in [1.165, 1.54) is 29.0 Å². The number of primary amides is 1. The zero-order chi connectivity index (χ0) is 23.0. The maximum absolute atomic E-state index is 13.6. The number of carbonyl (C=O) groups is 1. The summed E-state index contributed by atoms with van der Waals surface area (Å²) in [6.45, 7) is 0.614. The highest BCUT2D eigenvalue weighted by Crippen LogP contribution is 2.42. The molecule has 2 unspecified atom stereocenters. The minimum atomic E-state index is -4.77. The van der Waals surface area contributed by atoms with Crippen LogP contribution >= 0.6 is 0 Å². The largest absolute Gasteiger partial charge is 0.552 e. The molecule has 1 saturated heterocycles. The molecule has 3 heterocycles. The van der Waals surface area contributed by atoms with Crippen molar-refractivity contribution in [1.29, 1.82) is 5.26 Å². The lowest BCUT2D eigenvalue weighted by atomic mass is 9.85. The number of carbonyl (C=O) groups excluding carboxylic acids is 1. The van der Waals surface area contributed by atoms with Crippen molar-refractivity contribution in [3.05, 3.63) is 41.0 Å². The molecule has 9 nitrogen and oxygen atoms in total. The molecular weight excluding hydrogens is 430 g/mol. The average Bonchev–Trinajstić information content (AvgIpc) is 3.16. The molecule has 13 heteroatoms. The molecular formula is C19H17BF3N5O4. The third-order valence-electron chi connectivity index (χ3n) is 5.19. The van der Waals surface area contributed by atoms with Crippen LogP contribution < -0.4 is 15.7 Å². The summed E-state index contributed by atoms with van der Waals surface area (Å²) in [6, 6.07) is 3.85. The van der Waals surface area contributed by atoms with Crippen molar-refractivity contribution in [3.63, 3.8) is 0 Å². The number of nitrogens with two attached hydrogens (primary N) is 1. The van der Waals surface area contributed by atoms with Gasteiger partial charge in [-0.15, -0.1) is 0 Å². The van der Waals surface area contributed by atoms with Crippen molar-refractivity contribution >= 4 is 30.6 Å². The quantitative estimate of drug-likeness (QED) is 0.612. The van der Waals surface area contributed by atoms with Gasteiger partial charge in [0.2, 0.25) is 0 Å². The van der Waals surface area contributed by atoms with Crippen molar-refractivity contribution in [2.75, 3.05) is 18.5 Å². The average molecular weight is 447 g/mol. The van der Waals surface area contributed by atoms with Gasteiger partial charge in [-0.1, -0.05) is 6.08 Å². The minimum Gasteiger partial charge on any atom is -0.532 e. The fourth-order valence-electron chi connectivity index (χ4n) is 3.64. The van der Waals surface area contributed by atoms with Crippen molar-refractivity contribution in [1.82, 2.24) is 9.78 Å². The lowest BCUT2D eigenvalue weighted by molar-refractivity contribution is -0.138. The summed E-state index contributed by atoms with van der Waals surface area (Å²) in [5, 5.41) is 25.9. The van der Waals surface area contributed by atoms with Gasteiger partial charge in [0.25, 0.3) is 5.91 Å². The van der Waals surface area contributed by atoms with E-state index in [1.807, 2.05) is 0 Å². The van der Waals surface area contributed by atoms with E-state index in [-0.39, 0.29) is 29.2 Å². The number of benzene rings is 1. The maximum atomic E-state index is 13.6. The molecule has 4 rings (SSSR count). The predicted octanol–water partition coefficient (Wildman–Crippen LogP) is 2.27. The molecule has 166 valence electrons. The van der Waals surface area contributed by atoms with Crippen LogP contribution in [0.1, 0.15) is 33.9 Å². The number of halogens is 3. The van der Waals surface area contributed by atoms with Crippen molar-refractivity contribution in [3.8, 4) is 11.8 Å². The van der Waals surface area contributed by atoms with E-state index in [4.69, 9.17) is 15.1 Å². The van der Waals surface area contributed by atoms with Gasteiger partial charge in [-0.2, -0.15) is 23.5 Å². The summed E-state index contributed by atoms with van der Waals surface area (Å²) in [6.07, 6.45) is -1.64. The first-order valence-electron chi connectivity index (χ1n) is 9.59. The van der Waals surface area contributed by atoms with E-state index >= 15 is 0 Å². The zero-order valence-corrected chi connectivity index (χ0v) is 16.5. The molecule has 1 amide bonds. The number of alkyl halides is 3. The summed E-state index contributed by atoms with van der Waals surface area (Å²) in [5.41, 5.74) is 4.33. The molecule has 0 spiro atoms. The van der Waals surface area contributed by atoms with Gasteiger partial charge >= 0.3 is 13.3 Å². The van der Waals surface area contributed by atoms with E-state index in [1.54, 1.807) is 0 Å². The number of ether oxygens (including phenoxy) is 1. The second-order valence-electron chi connectivity index (χ2n) is 7.33. The molecule has 0 radical (unpaired) electrons. The van der Waals surface area contributed by atoms with Crippen LogP contribution in [-0.2, 0) is 10.9 Å². The number of rotatable bonds is 4. The van der Waals surface area contributed by atoms with Crippen LogP contribution in [-0.4, -0.2) is 41.0 Å². The van der Waals surface area contributed by atoms with Crippen LogP contribution in [0.25, 0.3) is 6.08 Å². The molecule has 2 aromatic rings. The Morgan fingerprint density at radius 2 is 2.22 bits per heavy atom. The molecule has 2 aliphatic heterocycles. The first-order chi connectivity index (χ1) is 15.2. The highest BCUT2D eigenvalue weighted by atomic mass is 19.4. The number of anilines is 2. The van der Waals surface area contributed by atoms with Crippen LogP contribution in [0.4, 0.5) is 24.7 Å². The molecule has 0 bridgehead atoms. The first kappa shape index (κ1) is 21.7. The number of nitrogens with one attached hydrogen (secondary N) is 1. The van der Waals surface area contributed by atoms with Gasteiger partial charge in [-0.05, 0) is 24.5 Å². The van der Waals surface area contributed by atoms with Crippen LogP contribution in [0.15, 0.2) is 24.3 Å². The smallest absolute Gasteiger partial charge is 0.532 e. The molecule has 4 N–H and O–H groups in total. The molecule has 0 aliphatic carbocycles. The Kier molecular flexibility index (Phi) is 5.58. The lowest BCUT2D eigenvalue weighted by Crippen LogP contribution is -2.29. The first-order valence-corrected chi connectivity index (χ1v) is 9.59. The molecule has 1 fully saturated rings. The second kappa shape index (κ2) is 8.21. The van der Waals surface area contributed by atoms with Crippen LogP contribution in [0.2, 0.25) is 0 Å². The molecule has 0 saturated carbocycles. The number of hydrogen-bond acceptors (Lipinski definition) is 7. The summed E-state index contributed by atoms with van der Waals surface area (Å²) in [5.74, 6) is -0.625. The van der Waals surface area contributed by atoms with Crippen LogP contribution in [0, 0.1) is 17.2 Å². The number of fused-ring (bicyclic) bond motifs is 1. The van der Waals surface area contributed by atoms with Gasteiger partial charge in [-0.25, -0.2) is 0 Å². The standard InChI is InChI=1S/C19H17BF3N5O4/c21-19(22,23)14-6-12(5-10-1-3-20(30)32-16(10)14)26-18-13(17(25)29)8-28(27-18)15-9-31-4-2-11(15)7-24/h1,3,5-6,8,11,15,30H,2,4,9H2,(H2,25,29)(H,26,27). The topological polar surface area (TPSA) is 135 Å². The second-order valence-corrected chi connectivity index (χ2v) is 7.33. The van der Waals surface area contributed by atoms with Gasteiger partial charge in [0.1, 0.15) is 11.3 Å². The minimum absolute atomic E-state index is 0.0230. The van der Waals surface area contributed by atoms with E-state index in [0.717, 1.165) is 6.07 Å². The van der Waals surface area contributed by atoms with E-state index < -0.39 is 42.5 Å². The Bertz CT molecular complexity index is 1130. The number of nitrogens with zero attached hydrogens (tertiary/aromatic N) is 3. The Balaban J connectivity index is 1.73. The Morgan fingerprint density at radius 1 is 1.44 bits per heavy atom. The van der Waals surface area contributed by atoms with E-state index in [9.17, 15) is 28.3 Å². The zero-order valence-electron chi connectivity index (χ0n) is 16.5. The summed E-state index contributed by atoms with van der Waals surface area (Å²) in [7, 11) is -1.50. The highest BCUT2D eigenvalue weighted by molar-refractivity contribution is 6.51. The van der Waals surface area contributed by atoms with Gasteiger partial charge in [0.05, 0.1) is 30.2 Å². The monoisotopic (exact) mass is 447 g/mol. The molecule has 2 aliphatic rings. The third-order valence-corrected chi connectivity index (χ3v) is 5.19. The molecule has 1 aromatic carbocycles. The fraction of sp³-hybridized carbons (Fsp3) is 0.316.